The Morgan fingerprint density at radius 1 is 0.333 bits per heavy atom. The minimum Gasteiger partial charge on any atom is -0.456 e. The van der Waals surface area contributed by atoms with E-state index in [2.05, 4.69) is 250 Å². The van der Waals surface area contributed by atoms with E-state index in [1.165, 1.54) is 33.4 Å². The molecule has 0 spiro atoms. The molecule has 2 aromatic heterocycles. The number of nitriles is 1. The van der Waals surface area contributed by atoms with Crippen molar-refractivity contribution in [3.05, 3.63) is 240 Å². The van der Waals surface area contributed by atoms with Gasteiger partial charge in [0.1, 0.15) is 28.4 Å². The van der Waals surface area contributed by atoms with Gasteiger partial charge in [0.25, 0.3) is 0 Å². The lowest BCUT2D eigenvalue weighted by atomic mass is 9.97. The van der Waals surface area contributed by atoms with Crippen LogP contribution in [0.2, 0.25) is 0 Å². The summed E-state index contributed by atoms with van der Waals surface area (Å²) < 4.78 is 13.4. The summed E-state index contributed by atoms with van der Waals surface area (Å²) in [7, 11) is 0. The number of anilines is 6. The maximum absolute atomic E-state index is 11.1. The van der Waals surface area contributed by atoms with Crippen molar-refractivity contribution in [1.29, 1.82) is 5.26 Å². The maximum Gasteiger partial charge on any atom is 0.140 e. The molecule has 0 radical (unpaired) electrons. The number of furan rings is 2. The Morgan fingerprint density at radius 2 is 0.750 bits per heavy atom. The first-order chi connectivity index (χ1) is 35.3. The molecule has 0 unspecified atom stereocenters. The highest BCUT2D eigenvalue weighted by molar-refractivity contribution is 6.22. The Bertz CT molecular complexity index is 4080. The monoisotopic (exact) mass is 925 g/mol. The van der Waals surface area contributed by atoms with Crippen molar-refractivity contribution in [3.8, 4) is 28.3 Å². The fraction of sp³-hybridized carbons (Fsp3) is 0.0597. The van der Waals surface area contributed by atoms with Gasteiger partial charge in [0.05, 0.1) is 5.56 Å². The molecule has 2 heterocycles. The number of rotatable bonds is 8. The van der Waals surface area contributed by atoms with Gasteiger partial charge in [-0.15, -0.1) is 0 Å². The van der Waals surface area contributed by atoms with Crippen LogP contribution in [0, 0.1) is 39.0 Å². The molecule has 0 saturated carbocycles. The van der Waals surface area contributed by atoms with Gasteiger partial charge in [-0.1, -0.05) is 133 Å². The molecule has 0 N–H and O–H groups in total. The largest absolute Gasteiger partial charge is 0.456 e. The molecular weight excluding hydrogens is 879 g/mol. The number of fused-ring (bicyclic) bond motifs is 8. The van der Waals surface area contributed by atoms with Crippen molar-refractivity contribution >= 4 is 99.5 Å². The quantitative estimate of drug-likeness (QED) is 0.152. The molecule has 0 amide bonds. The van der Waals surface area contributed by atoms with Gasteiger partial charge < -0.3 is 18.6 Å². The van der Waals surface area contributed by atoms with E-state index in [4.69, 9.17) is 8.83 Å². The number of hydrogen-bond acceptors (Lipinski definition) is 5. The van der Waals surface area contributed by atoms with Crippen molar-refractivity contribution in [2.45, 2.75) is 27.7 Å². The van der Waals surface area contributed by atoms with Crippen LogP contribution in [0.5, 0.6) is 0 Å². The van der Waals surface area contributed by atoms with E-state index in [9.17, 15) is 5.26 Å². The molecule has 0 fully saturated rings. The van der Waals surface area contributed by atoms with Gasteiger partial charge in [-0.3, -0.25) is 0 Å². The highest BCUT2D eigenvalue weighted by atomic mass is 16.3. The van der Waals surface area contributed by atoms with Crippen molar-refractivity contribution in [3.63, 3.8) is 0 Å². The Hall–Kier alpha value is -9.37. The Labute approximate surface area is 417 Å². The van der Waals surface area contributed by atoms with Crippen LogP contribution in [-0.2, 0) is 0 Å². The lowest BCUT2D eigenvalue weighted by molar-refractivity contribution is 0.656. The van der Waals surface area contributed by atoms with Crippen LogP contribution in [-0.4, -0.2) is 0 Å². The molecule has 5 nitrogen and oxygen atoms in total. The summed E-state index contributed by atoms with van der Waals surface area (Å²) in [6, 6.07) is 78.0. The fourth-order valence-corrected chi connectivity index (χ4v) is 10.8. The second-order valence-electron chi connectivity index (χ2n) is 19.1. The van der Waals surface area contributed by atoms with Crippen molar-refractivity contribution < 1.29 is 8.83 Å². The van der Waals surface area contributed by atoms with Crippen LogP contribution in [0.1, 0.15) is 27.8 Å². The highest BCUT2D eigenvalue weighted by Crippen LogP contribution is 2.46. The van der Waals surface area contributed by atoms with Crippen molar-refractivity contribution in [2.75, 3.05) is 9.80 Å². The van der Waals surface area contributed by atoms with E-state index in [0.29, 0.717) is 27.9 Å². The summed E-state index contributed by atoms with van der Waals surface area (Å²) in [6.45, 7) is 8.68. The molecule has 5 heteroatoms. The molecule has 13 rings (SSSR count). The minimum atomic E-state index is 0.547. The minimum absolute atomic E-state index is 0.547. The molecule has 0 saturated heterocycles. The first kappa shape index (κ1) is 42.7. The maximum atomic E-state index is 11.1. The smallest absolute Gasteiger partial charge is 0.140 e. The van der Waals surface area contributed by atoms with E-state index in [1.807, 2.05) is 6.07 Å². The molecule has 13 aromatic rings. The van der Waals surface area contributed by atoms with Crippen LogP contribution in [0.15, 0.2) is 221 Å². The standard InChI is InChI=1S/C67H47N3O2/c1-41-15-11-13-21-58(41)69(60-35-49(25-23-43(60)3)45-17-7-5-8-18-45)53-29-27-47-33-55-62(37-51(47)31-53)71-64-39-65-67(57(40-68)66(55)64)56-34-48-28-30-54(32-52(48)38-63(56)72-65)70(59-22-14-12-16-42(59)2)61-36-50(26-24-44(61)4)46-19-9-6-10-20-46/h5-39H,1-4H3. The summed E-state index contributed by atoms with van der Waals surface area (Å²) >= 11 is 0. The second kappa shape index (κ2) is 16.9. The van der Waals surface area contributed by atoms with Crippen LogP contribution < -0.4 is 9.80 Å². The molecule has 0 aliphatic rings. The molecule has 0 atom stereocenters. The predicted molar refractivity (Wildman–Crippen MR) is 300 cm³/mol. The number of benzene rings is 11. The first-order valence-corrected chi connectivity index (χ1v) is 24.4. The zero-order valence-corrected chi connectivity index (χ0v) is 40.4. The first-order valence-electron chi connectivity index (χ1n) is 24.4. The number of nitrogens with zero attached hydrogens (tertiary/aromatic N) is 3. The fourth-order valence-electron chi connectivity index (χ4n) is 10.8. The second-order valence-corrected chi connectivity index (χ2v) is 19.1. The number of aryl methyl sites for hydroxylation is 4. The third-order valence-corrected chi connectivity index (χ3v) is 14.5. The number of para-hydroxylation sites is 2. The van der Waals surface area contributed by atoms with E-state index < -0.39 is 0 Å². The average molecular weight is 926 g/mol. The van der Waals surface area contributed by atoms with Gasteiger partial charge in [0.2, 0.25) is 0 Å². The lowest BCUT2D eigenvalue weighted by Gasteiger charge is -2.29. The Balaban J connectivity index is 0.927. The van der Waals surface area contributed by atoms with Gasteiger partial charge in [-0.25, -0.2) is 0 Å². The van der Waals surface area contributed by atoms with E-state index in [1.54, 1.807) is 0 Å². The lowest BCUT2D eigenvalue weighted by Crippen LogP contribution is -2.12. The van der Waals surface area contributed by atoms with Crippen LogP contribution in [0.25, 0.3) is 87.7 Å². The van der Waals surface area contributed by atoms with Gasteiger partial charge >= 0.3 is 0 Å². The molecular formula is C67H47N3O2. The van der Waals surface area contributed by atoms with E-state index in [-0.39, 0.29) is 0 Å². The molecule has 72 heavy (non-hydrogen) atoms. The zero-order valence-electron chi connectivity index (χ0n) is 40.4. The number of hydrogen-bond donors (Lipinski definition) is 0. The topological polar surface area (TPSA) is 56.6 Å². The summed E-state index contributed by atoms with van der Waals surface area (Å²) in [5.41, 5.74) is 19.1. The third kappa shape index (κ3) is 7.07. The third-order valence-electron chi connectivity index (χ3n) is 14.5. The van der Waals surface area contributed by atoms with Crippen LogP contribution >= 0.6 is 0 Å². The van der Waals surface area contributed by atoms with Crippen molar-refractivity contribution in [2.24, 2.45) is 0 Å². The zero-order chi connectivity index (χ0) is 48.6. The SMILES string of the molecule is Cc1ccccc1N(c1ccc2cc3c(cc2c1)oc1cc2oc4cc5cc(N(c6ccccc6C)c6cc(-c7ccccc7)ccc6C)ccc5cc4c2c(C#N)c13)c1cc(-c2ccccc2)ccc1C. The van der Waals surface area contributed by atoms with Gasteiger partial charge in [-0.2, -0.15) is 5.26 Å². The normalized spacial score (nSPS) is 11.6. The van der Waals surface area contributed by atoms with Crippen LogP contribution in [0.4, 0.5) is 34.1 Å². The van der Waals surface area contributed by atoms with Gasteiger partial charge in [0.15, 0.2) is 0 Å². The summed E-state index contributed by atoms with van der Waals surface area (Å²) in [5, 5.41) is 18.6. The van der Waals surface area contributed by atoms with Gasteiger partial charge in [0, 0.05) is 61.7 Å². The van der Waals surface area contributed by atoms with Crippen LogP contribution in [0.3, 0.4) is 0 Å². The Morgan fingerprint density at radius 3 is 1.18 bits per heavy atom. The molecule has 11 aromatic carbocycles. The molecule has 342 valence electrons. The summed E-state index contributed by atoms with van der Waals surface area (Å²) in [5.74, 6) is 0. The molecule has 0 aliphatic heterocycles. The molecule has 0 aliphatic carbocycles. The molecule has 0 bridgehead atoms. The highest BCUT2D eigenvalue weighted by Gasteiger charge is 2.24. The average Bonchev–Trinajstić information content (AvgIpc) is 3.95. The predicted octanol–water partition coefficient (Wildman–Crippen LogP) is 19.2. The van der Waals surface area contributed by atoms with E-state index >= 15 is 0 Å². The van der Waals surface area contributed by atoms with Gasteiger partial charge in [-0.05, 0) is 167 Å². The van der Waals surface area contributed by atoms with E-state index in [0.717, 1.165) is 88.3 Å². The van der Waals surface area contributed by atoms with Crippen molar-refractivity contribution in [1.82, 2.24) is 0 Å². The summed E-state index contributed by atoms with van der Waals surface area (Å²) in [6.07, 6.45) is 0. The summed E-state index contributed by atoms with van der Waals surface area (Å²) in [4.78, 5) is 4.73. The Kier molecular flexibility index (Phi) is 10.1.